The Labute approximate surface area is 137 Å². The number of benzene rings is 1. The van der Waals surface area contributed by atoms with Crippen LogP contribution in [-0.2, 0) is 4.79 Å². The second kappa shape index (κ2) is 7.24. The zero-order valence-corrected chi connectivity index (χ0v) is 13.2. The molecule has 2 aromatic rings. The Balaban J connectivity index is 2.12. The van der Waals surface area contributed by atoms with Gasteiger partial charge in [0.05, 0.1) is 10.7 Å². The van der Waals surface area contributed by atoms with Crippen molar-refractivity contribution in [2.24, 2.45) is 0 Å². The quantitative estimate of drug-likeness (QED) is 0.828. The Bertz CT molecular complexity index is 720. The molecular formula is C15H13Cl2N3O2. The molecule has 114 valence electrons. The van der Waals surface area contributed by atoms with Crippen LogP contribution in [0.1, 0.15) is 23.8 Å². The summed E-state index contributed by atoms with van der Waals surface area (Å²) in [6, 6.07) is 9.59. The molecule has 7 heteroatoms. The van der Waals surface area contributed by atoms with Gasteiger partial charge in [0.15, 0.2) is 0 Å². The molecule has 0 saturated heterocycles. The average Bonchev–Trinajstić information content (AvgIpc) is 2.49. The number of hydrogen-bond acceptors (Lipinski definition) is 3. The van der Waals surface area contributed by atoms with Crippen LogP contribution in [0.25, 0.3) is 0 Å². The lowest BCUT2D eigenvalue weighted by molar-refractivity contribution is -0.115. The molecule has 0 spiro atoms. The van der Waals surface area contributed by atoms with Crippen LogP contribution in [0.15, 0.2) is 36.4 Å². The standard InChI is InChI=1S/C15H13Cl2N3O2/c1-2-14(21)20-11-7-6-9(8-10(11)16)18-15(22)12-4-3-5-13(17)19-12/h3-8H,2H2,1H3,(H,18,22)(H,20,21). The van der Waals surface area contributed by atoms with Gasteiger partial charge in [-0.05, 0) is 30.3 Å². The van der Waals surface area contributed by atoms with E-state index in [1.54, 1.807) is 43.3 Å². The molecule has 0 aliphatic carbocycles. The molecule has 1 aromatic carbocycles. The summed E-state index contributed by atoms with van der Waals surface area (Å²) in [5.74, 6) is -0.536. The monoisotopic (exact) mass is 337 g/mol. The maximum Gasteiger partial charge on any atom is 0.274 e. The molecule has 0 bridgehead atoms. The molecule has 1 heterocycles. The summed E-state index contributed by atoms with van der Waals surface area (Å²) in [4.78, 5) is 27.3. The summed E-state index contributed by atoms with van der Waals surface area (Å²) in [6.45, 7) is 1.75. The fraction of sp³-hybridized carbons (Fsp3) is 0.133. The number of amides is 2. The van der Waals surface area contributed by atoms with E-state index in [0.717, 1.165) is 0 Å². The van der Waals surface area contributed by atoms with Gasteiger partial charge >= 0.3 is 0 Å². The highest BCUT2D eigenvalue weighted by Crippen LogP contribution is 2.26. The third-order valence-corrected chi connectivity index (χ3v) is 3.29. The number of anilines is 2. The van der Waals surface area contributed by atoms with Crippen LogP contribution < -0.4 is 10.6 Å². The molecule has 0 aliphatic heterocycles. The Hall–Kier alpha value is -2.11. The zero-order chi connectivity index (χ0) is 16.1. The molecule has 0 radical (unpaired) electrons. The van der Waals surface area contributed by atoms with E-state index in [2.05, 4.69) is 15.6 Å². The molecule has 22 heavy (non-hydrogen) atoms. The van der Waals surface area contributed by atoms with E-state index in [9.17, 15) is 9.59 Å². The first kappa shape index (κ1) is 16.3. The summed E-state index contributed by atoms with van der Waals surface area (Å²) >= 11 is 11.8. The van der Waals surface area contributed by atoms with Gasteiger partial charge < -0.3 is 10.6 Å². The van der Waals surface area contributed by atoms with Crippen LogP contribution in [0.5, 0.6) is 0 Å². The van der Waals surface area contributed by atoms with E-state index in [0.29, 0.717) is 22.8 Å². The third-order valence-electron chi connectivity index (χ3n) is 2.77. The van der Waals surface area contributed by atoms with Crippen molar-refractivity contribution in [3.63, 3.8) is 0 Å². The van der Waals surface area contributed by atoms with Crippen LogP contribution in [-0.4, -0.2) is 16.8 Å². The fourth-order valence-electron chi connectivity index (χ4n) is 1.66. The van der Waals surface area contributed by atoms with Crippen molar-refractivity contribution >= 4 is 46.4 Å². The number of nitrogens with one attached hydrogen (secondary N) is 2. The predicted octanol–water partition coefficient (Wildman–Crippen LogP) is 3.99. The maximum atomic E-state index is 12.0. The van der Waals surface area contributed by atoms with Crippen molar-refractivity contribution in [3.8, 4) is 0 Å². The number of carbonyl (C=O) groups excluding carboxylic acids is 2. The highest BCUT2D eigenvalue weighted by atomic mass is 35.5. The van der Waals surface area contributed by atoms with Crippen molar-refractivity contribution in [1.82, 2.24) is 4.98 Å². The molecule has 2 amide bonds. The lowest BCUT2D eigenvalue weighted by Gasteiger charge is -2.09. The van der Waals surface area contributed by atoms with Gasteiger partial charge in [-0.3, -0.25) is 9.59 Å². The molecule has 0 saturated carbocycles. The van der Waals surface area contributed by atoms with Crippen molar-refractivity contribution in [3.05, 3.63) is 52.3 Å². The lowest BCUT2D eigenvalue weighted by atomic mass is 10.2. The van der Waals surface area contributed by atoms with Gasteiger partial charge in [-0.15, -0.1) is 0 Å². The molecule has 2 rings (SSSR count). The van der Waals surface area contributed by atoms with Gasteiger partial charge in [0.25, 0.3) is 5.91 Å². The highest BCUT2D eigenvalue weighted by molar-refractivity contribution is 6.34. The molecule has 0 fully saturated rings. The number of pyridine rings is 1. The van der Waals surface area contributed by atoms with Crippen molar-refractivity contribution in [2.75, 3.05) is 10.6 Å². The Morgan fingerprint density at radius 3 is 2.55 bits per heavy atom. The minimum atomic E-state index is -0.399. The minimum Gasteiger partial charge on any atom is -0.325 e. The summed E-state index contributed by atoms with van der Waals surface area (Å²) in [5, 5.41) is 5.90. The number of carbonyl (C=O) groups is 2. The van der Waals surface area contributed by atoms with Gasteiger partial charge in [-0.2, -0.15) is 0 Å². The fourth-order valence-corrected chi connectivity index (χ4v) is 2.05. The summed E-state index contributed by atoms with van der Waals surface area (Å²) in [7, 11) is 0. The van der Waals surface area contributed by atoms with Crippen LogP contribution in [0.2, 0.25) is 10.2 Å². The topological polar surface area (TPSA) is 71.1 Å². The summed E-state index contributed by atoms with van der Waals surface area (Å²) < 4.78 is 0. The SMILES string of the molecule is CCC(=O)Nc1ccc(NC(=O)c2cccc(Cl)n2)cc1Cl. The van der Waals surface area contributed by atoms with E-state index < -0.39 is 5.91 Å². The number of aromatic nitrogens is 1. The molecule has 0 unspecified atom stereocenters. The van der Waals surface area contributed by atoms with E-state index in [1.165, 1.54) is 0 Å². The van der Waals surface area contributed by atoms with Crippen molar-refractivity contribution < 1.29 is 9.59 Å². The first-order valence-corrected chi connectivity index (χ1v) is 7.28. The minimum absolute atomic E-state index is 0.137. The average molecular weight is 338 g/mol. The van der Waals surface area contributed by atoms with Crippen molar-refractivity contribution in [2.45, 2.75) is 13.3 Å². The Morgan fingerprint density at radius 1 is 1.14 bits per heavy atom. The lowest BCUT2D eigenvalue weighted by Crippen LogP contribution is -2.14. The van der Waals surface area contributed by atoms with Crippen molar-refractivity contribution in [1.29, 1.82) is 0 Å². The largest absolute Gasteiger partial charge is 0.325 e. The second-order valence-corrected chi connectivity index (χ2v) is 5.19. The second-order valence-electron chi connectivity index (χ2n) is 4.40. The van der Waals surface area contributed by atoms with Crippen LogP contribution in [0.3, 0.4) is 0 Å². The highest BCUT2D eigenvalue weighted by Gasteiger charge is 2.10. The first-order valence-electron chi connectivity index (χ1n) is 6.53. The van der Waals surface area contributed by atoms with Crippen LogP contribution in [0.4, 0.5) is 11.4 Å². The predicted molar refractivity (Wildman–Crippen MR) is 87.6 cm³/mol. The zero-order valence-electron chi connectivity index (χ0n) is 11.7. The van der Waals surface area contributed by atoms with Gasteiger partial charge in [-0.25, -0.2) is 4.98 Å². The van der Waals surface area contributed by atoms with E-state index in [1.807, 2.05) is 0 Å². The van der Waals surface area contributed by atoms with Crippen LogP contribution in [0, 0.1) is 0 Å². The van der Waals surface area contributed by atoms with E-state index >= 15 is 0 Å². The molecule has 5 nitrogen and oxygen atoms in total. The maximum absolute atomic E-state index is 12.0. The molecule has 2 N–H and O–H groups in total. The molecule has 1 aromatic heterocycles. The number of rotatable bonds is 4. The number of halogens is 2. The summed E-state index contributed by atoms with van der Waals surface area (Å²) in [5.41, 5.74) is 1.19. The summed E-state index contributed by atoms with van der Waals surface area (Å²) in [6.07, 6.45) is 0.356. The van der Waals surface area contributed by atoms with Gasteiger partial charge in [0, 0.05) is 12.1 Å². The van der Waals surface area contributed by atoms with Gasteiger partial charge in [0.2, 0.25) is 5.91 Å². The van der Waals surface area contributed by atoms with E-state index in [-0.39, 0.29) is 16.8 Å². The smallest absolute Gasteiger partial charge is 0.274 e. The van der Waals surface area contributed by atoms with Gasteiger partial charge in [-0.1, -0.05) is 36.2 Å². The normalized spacial score (nSPS) is 10.1. The van der Waals surface area contributed by atoms with Gasteiger partial charge in [0.1, 0.15) is 10.8 Å². The Kier molecular flexibility index (Phi) is 5.35. The molecule has 0 aliphatic rings. The molecular weight excluding hydrogens is 325 g/mol. The number of hydrogen-bond donors (Lipinski definition) is 2. The van der Waals surface area contributed by atoms with E-state index in [4.69, 9.17) is 23.2 Å². The molecule has 0 atom stereocenters. The first-order chi connectivity index (χ1) is 10.5. The third kappa shape index (κ3) is 4.19. The number of nitrogens with zero attached hydrogens (tertiary/aromatic N) is 1. The van der Waals surface area contributed by atoms with Crippen LogP contribution >= 0.6 is 23.2 Å². The Morgan fingerprint density at radius 2 is 1.91 bits per heavy atom.